The first-order valence-corrected chi connectivity index (χ1v) is 10.7. The Morgan fingerprint density at radius 2 is 1.85 bits per heavy atom. The molecular weight excluding hydrogens is 426 g/mol. The van der Waals surface area contributed by atoms with Crippen LogP contribution < -0.4 is 5.32 Å². The molecular formula is C23H27N5O5. The summed E-state index contributed by atoms with van der Waals surface area (Å²) in [6, 6.07) is 11.0. The molecule has 3 rings (SSSR count). The van der Waals surface area contributed by atoms with Crippen molar-refractivity contribution in [1.82, 2.24) is 14.7 Å². The minimum Gasteiger partial charge on any atom is -0.455 e. The van der Waals surface area contributed by atoms with Gasteiger partial charge in [0, 0.05) is 13.1 Å². The van der Waals surface area contributed by atoms with Crippen LogP contribution in [0.3, 0.4) is 0 Å². The lowest BCUT2D eigenvalue weighted by Crippen LogP contribution is -2.43. The summed E-state index contributed by atoms with van der Waals surface area (Å²) in [5, 5.41) is 16.1. The molecule has 1 saturated heterocycles. The lowest BCUT2D eigenvalue weighted by Gasteiger charge is -2.32. The standard InChI is InChI=1S/C23H27N5O5/c1-23(2,3)33-22(31)27-11-9-16(10-12-27)21(30)32-15-19(29)26-20-17(13-24)14-25-28(20)18-7-5-4-6-8-18/h4-8,14,16H,9-12,15H2,1-3H3,(H,26,29). The second-order valence-corrected chi connectivity index (χ2v) is 8.66. The highest BCUT2D eigenvalue weighted by Gasteiger charge is 2.31. The fraction of sp³-hybridized carbons (Fsp3) is 0.435. The van der Waals surface area contributed by atoms with E-state index in [4.69, 9.17) is 9.47 Å². The molecule has 0 unspecified atom stereocenters. The molecule has 1 N–H and O–H groups in total. The molecule has 33 heavy (non-hydrogen) atoms. The Morgan fingerprint density at radius 1 is 1.18 bits per heavy atom. The van der Waals surface area contributed by atoms with E-state index in [2.05, 4.69) is 10.4 Å². The lowest BCUT2D eigenvalue weighted by atomic mass is 9.97. The Kier molecular flexibility index (Phi) is 7.33. The van der Waals surface area contributed by atoms with Crippen molar-refractivity contribution in [2.24, 2.45) is 5.92 Å². The fourth-order valence-electron chi connectivity index (χ4n) is 3.36. The molecule has 0 radical (unpaired) electrons. The van der Waals surface area contributed by atoms with Gasteiger partial charge in [-0.05, 0) is 45.7 Å². The molecule has 10 heteroatoms. The average Bonchev–Trinajstić information content (AvgIpc) is 3.19. The third-order valence-corrected chi connectivity index (χ3v) is 4.97. The maximum absolute atomic E-state index is 12.4. The van der Waals surface area contributed by atoms with Crippen molar-refractivity contribution in [2.45, 2.75) is 39.2 Å². The van der Waals surface area contributed by atoms with Crippen molar-refractivity contribution in [1.29, 1.82) is 5.26 Å². The van der Waals surface area contributed by atoms with Gasteiger partial charge >= 0.3 is 12.1 Å². The first kappa shape index (κ1) is 23.8. The highest BCUT2D eigenvalue weighted by Crippen LogP contribution is 2.22. The molecule has 174 valence electrons. The van der Waals surface area contributed by atoms with Gasteiger partial charge < -0.3 is 19.7 Å². The number of esters is 1. The van der Waals surface area contributed by atoms with Gasteiger partial charge in [0.1, 0.15) is 17.2 Å². The van der Waals surface area contributed by atoms with Gasteiger partial charge in [-0.25, -0.2) is 9.48 Å². The van der Waals surface area contributed by atoms with Crippen molar-refractivity contribution in [3.05, 3.63) is 42.1 Å². The quantitative estimate of drug-likeness (QED) is 0.690. The molecule has 2 amide bonds. The number of ether oxygens (including phenoxy) is 2. The zero-order valence-electron chi connectivity index (χ0n) is 18.9. The van der Waals surface area contributed by atoms with Crippen LogP contribution in [-0.4, -0.2) is 57.9 Å². The van der Waals surface area contributed by atoms with Crippen molar-refractivity contribution in [2.75, 3.05) is 25.0 Å². The summed E-state index contributed by atoms with van der Waals surface area (Å²) in [6.07, 6.45) is 1.81. The third kappa shape index (κ3) is 6.32. The van der Waals surface area contributed by atoms with E-state index in [1.165, 1.54) is 10.9 Å². The van der Waals surface area contributed by atoms with Gasteiger partial charge in [0.15, 0.2) is 12.4 Å². The topological polar surface area (TPSA) is 127 Å². The number of para-hydroxylation sites is 1. The summed E-state index contributed by atoms with van der Waals surface area (Å²) in [6.45, 7) is 5.66. The van der Waals surface area contributed by atoms with Gasteiger partial charge in [0.25, 0.3) is 5.91 Å². The second-order valence-electron chi connectivity index (χ2n) is 8.66. The summed E-state index contributed by atoms with van der Waals surface area (Å²) >= 11 is 0. The molecule has 1 fully saturated rings. The highest BCUT2D eigenvalue weighted by molar-refractivity contribution is 5.93. The molecule has 0 saturated carbocycles. The third-order valence-electron chi connectivity index (χ3n) is 4.97. The number of nitrogens with zero attached hydrogens (tertiary/aromatic N) is 4. The lowest BCUT2D eigenvalue weighted by molar-refractivity contribution is -0.153. The number of nitrogens with one attached hydrogen (secondary N) is 1. The molecule has 1 aromatic carbocycles. The van der Waals surface area contributed by atoms with Crippen LogP contribution in [0.25, 0.3) is 5.69 Å². The van der Waals surface area contributed by atoms with Crippen LogP contribution in [0.15, 0.2) is 36.5 Å². The highest BCUT2D eigenvalue weighted by atomic mass is 16.6. The zero-order valence-corrected chi connectivity index (χ0v) is 18.9. The Labute approximate surface area is 192 Å². The predicted octanol–water partition coefficient (Wildman–Crippen LogP) is 2.87. The molecule has 0 aliphatic carbocycles. The minimum atomic E-state index is -0.582. The molecule has 0 atom stereocenters. The summed E-state index contributed by atoms with van der Waals surface area (Å²) in [7, 11) is 0. The van der Waals surface area contributed by atoms with Crippen LogP contribution in [0.5, 0.6) is 0 Å². The summed E-state index contributed by atoms with van der Waals surface area (Å²) < 4.78 is 12.0. The molecule has 10 nitrogen and oxygen atoms in total. The van der Waals surface area contributed by atoms with E-state index < -0.39 is 36.1 Å². The van der Waals surface area contributed by atoms with Gasteiger partial charge in [-0.2, -0.15) is 10.4 Å². The summed E-state index contributed by atoms with van der Waals surface area (Å²) in [5.74, 6) is -1.27. The molecule has 1 aliphatic heterocycles. The van der Waals surface area contributed by atoms with Crippen LogP contribution in [0.4, 0.5) is 10.6 Å². The largest absolute Gasteiger partial charge is 0.455 e. The SMILES string of the molecule is CC(C)(C)OC(=O)N1CCC(C(=O)OCC(=O)Nc2c(C#N)cnn2-c2ccccc2)CC1. The predicted molar refractivity (Wildman–Crippen MR) is 118 cm³/mol. The minimum absolute atomic E-state index is 0.188. The Bertz CT molecular complexity index is 1040. The molecule has 0 spiro atoms. The number of likely N-dealkylation sites (tertiary alicyclic amines) is 1. The maximum atomic E-state index is 12.4. The first-order valence-electron chi connectivity index (χ1n) is 10.7. The smallest absolute Gasteiger partial charge is 0.410 e. The monoisotopic (exact) mass is 453 g/mol. The summed E-state index contributed by atoms with van der Waals surface area (Å²) in [4.78, 5) is 38.5. The van der Waals surface area contributed by atoms with Crippen molar-refractivity contribution in [3.8, 4) is 11.8 Å². The Balaban J connectivity index is 1.51. The van der Waals surface area contributed by atoms with Gasteiger partial charge in [-0.15, -0.1) is 0 Å². The number of hydrogen-bond acceptors (Lipinski definition) is 7. The van der Waals surface area contributed by atoms with E-state index in [-0.39, 0.29) is 11.4 Å². The van der Waals surface area contributed by atoms with Crippen molar-refractivity contribution in [3.63, 3.8) is 0 Å². The van der Waals surface area contributed by atoms with Crippen LogP contribution in [0.1, 0.15) is 39.2 Å². The molecule has 2 heterocycles. The Morgan fingerprint density at radius 3 is 2.45 bits per heavy atom. The van der Waals surface area contributed by atoms with E-state index in [9.17, 15) is 19.6 Å². The number of rotatable bonds is 5. The van der Waals surface area contributed by atoms with Crippen LogP contribution >= 0.6 is 0 Å². The summed E-state index contributed by atoms with van der Waals surface area (Å²) in [5.41, 5.74) is 0.276. The van der Waals surface area contributed by atoms with Crippen LogP contribution in [0.2, 0.25) is 0 Å². The van der Waals surface area contributed by atoms with Gasteiger partial charge in [0.2, 0.25) is 0 Å². The van der Waals surface area contributed by atoms with Crippen molar-refractivity contribution < 1.29 is 23.9 Å². The molecule has 2 aromatic rings. The van der Waals surface area contributed by atoms with Gasteiger partial charge in [-0.3, -0.25) is 9.59 Å². The van der Waals surface area contributed by atoms with Gasteiger partial charge in [-0.1, -0.05) is 18.2 Å². The van der Waals surface area contributed by atoms with E-state index in [0.29, 0.717) is 31.6 Å². The van der Waals surface area contributed by atoms with E-state index in [1.54, 1.807) is 37.8 Å². The average molecular weight is 453 g/mol. The van der Waals surface area contributed by atoms with Crippen LogP contribution in [-0.2, 0) is 19.1 Å². The number of hydrogen-bond donors (Lipinski definition) is 1. The number of piperidine rings is 1. The normalized spacial score (nSPS) is 14.3. The number of amides is 2. The zero-order chi connectivity index (χ0) is 24.0. The molecule has 1 aliphatic rings. The first-order chi connectivity index (χ1) is 15.7. The van der Waals surface area contributed by atoms with E-state index in [1.807, 2.05) is 24.3 Å². The molecule has 1 aromatic heterocycles. The number of nitriles is 1. The maximum Gasteiger partial charge on any atom is 0.410 e. The number of aromatic nitrogens is 2. The van der Waals surface area contributed by atoms with E-state index >= 15 is 0 Å². The Hall–Kier alpha value is -3.87. The molecule has 0 bridgehead atoms. The van der Waals surface area contributed by atoms with Crippen molar-refractivity contribution >= 4 is 23.8 Å². The number of anilines is 1. The number of carbonyl (C=O) groups is 3. The van der Waals surface area contributed by atoms with E-state index in [0.717, 1.165) is 0 Å². The second kappa shape index (κ2) is 10.2. The number of carbonyl (C=O) groups excluding carboxylic acids is 3. The van der Waals surface area contributed by atoms with Crippen LogP contribution in [0, 0.1) is 17.2 Å². The van der Waals surface area contributed by atoms with Gasteiger partial charge in [0.05, 0.1) is 17.8 Å². The fourth-order valence-corrected chi connectivity index (χ4v) is 3.36. The number of benzene rings is 1.